The molecule has 0 aromatic heterocycles. The molecule has 0 saturated carbocycles. The molecule has 0 atom stereocenters. The van der Waals surface area contributed by atoms with E-state index in [-0.39, 0.29) is 18.4 Å². The van der Waals surface area contributed by atoms with Crippen molar-refractivity contribution in [2.45, 2.75) is 77.6 Å². The van der Waals surface area contributed by atoms with Crippen LogP contribution >= 0.6 is 0 Å². The summed E-state index contributed by atoms with van der Waals surface area (Å²) in [6.07, 6.45) is 13.5. The van der Waals surface area contributed by atoms with E-state index in [1.54, 1.807) is 0 Å². The Bertz CT molecular complexity index is 305. The second-order valence-electron chi connectivity index (χ2n) is 6.09. The molecule has 1 aliphatic heterocycles. The lowest BCUT2D eigenvalue weighted by Gasteiger charge is -2.19. The van der Waals surface area contributed by atoms with Crippen molar-refractivity contribution in [3.63, 3.8) is 0 Å². The first-order valence-corrected chi connectivity index (χ1v) is 8.78. The molecule has 0 aromatic rings. The second kappa shape index (κ2) is 11.6. The first kappa shape index (κ1) is 18.0. The van der Waals surface area contributed by atoms with Crippen molar-refractivity contribution in [1.82, 2.24) is 10.2 Å². The zero-order valence-electron chi connectivity index (χ0n) is 13.7. The topological polar surface area (TPSA) is 49.4 Å². The Balaban J connectivity index is 1.93. The zero-order chi connectivity index (χ0) is 15.3. The maximum absolute atomic E-state index is 11.8. The summed E-state index contributed by atoms with van der Waals surface area (Å²) in [6.45, 7) is 3.82. The smallest absolute Gasteiger partial charge is 0.241 e. The Labute approximate surface area is 129 Å². The fourth-order valence-corrected chi connectivity index (χ4v) is 2.76. The van der Waals surface area contributed by atoms with Gasteiger partial charge in [-0.3, -0.25) is 9.59 Å². The third-order valence-electron chi connectivity index (χ3n) is 4.18. The summed E-state index contributed by atoms with van der Waals surface area (Å²) in [6, 6.07) is 0. The SMILES string of the molecule is CCCCCCCCCCCCN1CCC(=O)NCC1=O. The van der Waals surface area contributed by atoms with Crippen LogP contribution in [0.25, 0.3) is 0 Å². The lowest BCUT2D eigenvalue weighted by Crippen LogP contribution is -2.35. The van der Waals surface area contributed by atoms with Crippen LogP contribution in [0.3, 0.4) is 0 Å². The minimum absolute atomic E-state index is 0.00563. The fourth-order valence-electron chi connectivity index (χ4n) is 2.76. The van der Waals surface area contributed by atoms with Crippen LogP contribution < -0.4 is 5.32 Å². The van der Waals surface area contributed by atoms with Crippen molar-refractivity contribution < 1.29 is 9.59 Å². The van der Waals surface area contributed by atoms with E-state index in [9.17, 15) is 9.59 Å². The predicted molar refractivity (Wildman–Crippen MR) is 86.1 cm³/mol. The molecule has 0 unspecified atom stereocenters. The third kappa shape index (κ3) is 8.74. The molecule has 4 nitrogen and oxygen atoms in total. The summed E-state index contributed by atoms with van der Waals surface area (Å²) in [5.74, 6) is 0.0608. The number of nitrogens with zero attached hydrogens (tertiary/aromatic N) is 1. The first-order valence-electron chi connectivity index (χ1n) is 8.78. The largest absolute Gasteiger partial charge is 0.347 e. The van der Waals surface area contributed by atoms with Gasteiger partial charge in [-0.15, -0.1) is 0 Å². The summed E-state index contributed by atoms with van der Waals surface area (Å²) in [4.78, 5) is 24.8. The molecular formula is C17H32N2O2. The van der Waals surface area contributed by atoms with Gasteiger partial charge in [0.1, 0.15) is 0 Å². The number of carbonyl (C=O) groups excluding carboxylic acids is 2. The minimum atomic E-state index is -0.00563. The van der Waals surface area contributed by atoms with E-state index in [0.29, 0.717) is 13.0 Å². The highest BCUT2D eigenvalue weighted by Gasteiger charge is 2.18. The van der Waals surface area contributed by atoms with Crippen LogP contribution in [0.5, 0.6) is 0 Å². The van der Waals surface area contributed by atoms with Gasteiger partial charge in [0.2, 0.25) is 11.8 Å². The van der Waals surface area contributed by atoms with Gasteiger partial charge in [-0.25, -0.2) is 0 Å². The van der Waals surface area contributed by atoms with Crippen molar-refractivity contribution in [1.29, 1.82) is 0 Å². The van der Waals surface area contributed by atoms with Crippen LogP contribution in [0.1, 0.15) is 77.6 Å². The fraction of sp³-hybridized carbons (Fsp3) is 0.882. The van der Waals surface area contributed by atoms with E-state index < -0.39 is 0 Å². The molecule has 0 spiro atoms. The molecule has 1 rings (SSSR count). The number of nitrogens with one attached hydrogen (secondary N) is 1. The summed E-state index contributed by atoms with van der Waals surface area (Å²) >= 11 is 0. The van der Waals surface area contributed by atoms with Crippen LogP contribution in [-0.2, 0) is 9.59 Å². The van der Waals surface area contributed by atoms with Crippen molar-refractivity contribution in [2.75, 3.05) is 19.6 Å². The highest BCUT2D eigenvalue weighted by atomic mass is 16.2. The van der Waals surface area contributed by atoms with Crippen molar-refractivity contribution >= 4 is 11.8 Å². The molecule has 0 bridgehead atoms. The second-order valence-corrected chi connectivity index (χ2v) is 6.09. The first-order chi connectivity index (χ1) is 10.2. The van der Waals surface area contributed by atoms with Crippen molar-refractivity contribution in [2.24, 2.45) is 0 Å². The van der Waals surface area contributed by atoms with Gasteiger partial charge in [0.05, 0.1) is 6.54 Å². The summed E-state index contributed by atoms with van der Waals surface area (Å²) in [5.41, 5.74) is 0. The lowest BCUT2D eigenvalue weighted by molar-refractivity contribution is -0.130. The minimum Gasteiger partial charge on any atom is -0.347 e. The molecule has 1 fully saturated rings. The summed E-state index contributed by atoms with van der Waals surface area (Å²) < 4.78 is 0. The monoisotopic (exact) mass is 296 g/mol. The third-order valence-corrected chi connectivity index (χ3v) is 4.18. The Morgan fingerprint density at radius 1 is 0.905 bits per heavy atom. The average molecular weight is 296 g/mol. The van der Waals surface area contributed by atoms with Crippen LogP contribution in [0, 0.1) is 0 Å². The van der Waals surface area contributed by atoms with E-state index in [4.69, 9.17) is 0 Å². The molecule has 1 N–H and O–H groups in total. The van der Waals surface area contributed by atoms with Crippen LogP contribution in [-0.4, -0.2) is 36.3 Å². The Hall–Kier alpha value is -1.06. The number of hydrogen-bond acceptors (Lipinski definition) is 2. The molecular weight excluding hydrogens is 264 g/mol. The number of rotatable bonds is 11. The molecule has 0 aromatic carbocycles. The molecule has 0 aliphatic carbocycles. The van der Waals surface area contributed by atoms with Gasteiger partial charge in [0.25, 0.3) is 0 Å². The van der Waals surface area contributed by atoms with Gasteiger partial charge in [-0.05, 0) is 6.42 Å². The van der Waals surface area contributed by atoms with Crippen LogP contribution in [0.4, 0.5) is 0 Å². The maximum atomic E-state index is 11.8. The predicted octanol–water partition coefficient (Wildman–Crippen LogP) is 3.26. The Kier molecular flexibility index (Phi) is 9.92. The van der Waals surface area contributed by atoms with E-state index in [0.717, 1.165) is 13.0 Å². The zero-order valence-corrected chi connectivity index (χ0v) is 13.7. The average Bonchev–Trinajstić information content (AvgIpc) is 2.64. The van der Waals surface area contributed by atoms with Gasteiger partial charge in [0.15, 0.2) is 0 Å². The lowest BCUT2D eigenvalue weighted by atomic mass is 10.1. The van der Waals surface area contributed by atoms with Crippen molar-refractivity contribution in [3.05, 3.63) is 0 Å². The molecule has 2 amide bonds. The van der Waals surface area contributed by atoms with E-state index in [1.165, 1.54) is 57.8 Å². The number of carbonyl (C=O) groups is 2. The quantitative estimate of drug-likeness (QED) is 0.595. The molecule has 21 heavy (non-hydrogen) atoms. The molecule has 1 aliphatic rings. The van der Waals surface area contributed by atoms with E-state index in [1.807, 2.05) is 4.90 Å². The highest BCUT2D eigenvalue weighted by molar-refractivity contribution is 5.87. The van der Waals surface area contributed by atoms with Crippen LogP contribution in [0.15, 0.2) is 0 Å². The van der Waals surface area contributed by atoms with Crippen molar-refractivity contribution in [3.8, 4) is 0 Å². The summed E-state index contributed by atoms with van der Waals surface area (Å²) in [5, 5.41) is 2.63. The molecule has 1 saturated heterocycles. The van der Waals surface area contributed by atoms with E-state index >= 15 is 0 Å². The van der Waals surface area contributed by atoms with Gasteiger partial charge >= 0.3 is 0 Å². The normalized spacial score (nSPS) is 16.0. The van der Waals surface area contributed by atoms with Gasteiger partial charge in [0, 0.05) is 19.5 Å². The highest BCUT2D eigenvalue weighted by Crippen LogP contribution is 2.11. The number of amides is 2. The Morgan fingerprint density at radius 2 is 1.48 bits per heavy atom. The Morgan fingerprint density at radius 3 is 2.10 bits per heavy atom. The molecule has 122 valence electrons. The standard InChI is InChI=1S/C17H32N2O2/c1-2-3-4-5-6-7-8-9-10-11-13-19-14-12-16(20)18-15-17(19)21/h2-15H2,1H3,(H,18,20). The van der Waals surface area contributed by atoms with Crippen LogP contribution in [0.2, 0.25) is 0 Å². The number of hydrogen-bond donors (Lipinski definition) is 1. The maximum Gasteiger partial charge on any atom is 0.241 e. The van der Waals surface area contributed by atoms with Gasteiger partial charge in [-0.2, -0.15) is 0 Å². The molecule has 1 heterocycles. The molecule has 0 radical (unpaired) electrons. The summed E-state index contributed by atoms with van der Waals surface area (Å²) in [7, 11) is 0. The van der Waals surface area contributed by atoms with Gasteiger partial charge in [-0.1, -0.05) is 64.7 Å². The molecule has 4 heteroatoms. The number of unbranched alkanes of at least 4 members (excludes halogenated alkanes) is 9. The van der Waals surface area contributed by atoms with E-state index in [2.05, 4.69) is 12.2 Å². The van der Waals surface area contributed by atoms with Gasteiger partial charge < -0.3 is 10.2 Å².